The summed E-state index contributed by atoms with van der Waals surface area (Å²) in [6.07, 6.45) is 14.9. The van der Waals surface area contributed by atoms with Gasteiger partial charge in [-0.1, -0.05) is 104 Å². The van der Waals surface area contributed by atoms with E-state index in [4.69, 9.17) is 0 Å². The summed E-state index contributed by atoms with van der Waals surface area (Å²) < 4.78 is 7.25. The zero-order valence-corrected chi connectivity index (χ0v) is 47.5. The van der Waals surface area contributed by atoms with Crippen molar-refractivity contribution in [2.24, 2.45) is 0 Å². The van der Waals surface area contributed by atoms with Crippen LogP contribution in [0.2, 0.25) is 0 Å². The maximum atomic E-state index is 14.7. The van der Waals surface area contributed by atoms with Gasteiger partial charge in [0.25, 0.3) is 11.8 Å². The van der Waals surface area contributed by atoms with Crippen LogP contribution in [0.5, 0.6) is 0 Å². The number of nitrogens with one attached hydrogen (secondary N) is 4. The van der Waals surface area contributed by atoms with Crippen LogP contribution >= 0.6 is 0 Å². The van der Waals surface area contributed by atoms with Crippen LogP contribution in [0, 0.1) is 0 Å². The number of benzene rings is 4. The van der Waals surface area contributed by atoms with Crippen molar-refractivity contribution >= 4 is 74.0 Å². The van der Waals surface area contributed by atoms with Gasteiger partial charge in [-0.2, -0.15) is 9.13 Å². The fourth-order valence-corrected chi connectivity index (χ4v) is 10.0. The molecule has 0 aliphatic rings. The molecule has 0 radical (unpaired) electrons. The molecule has 4 aromatic carbocycles. The highest BCUT2D eigenvalue weighted by Gasteiger charge is 2.28. The molecule has 4 aromatic heterocycles. The summed E-state index contributed by atoms with van der Waals surface area (Å²) in [6, 6.07) is 37.2. The van der Waals surface area contributed by atoms with E-state index < -0.39 is 52.2 Å². The van der Waals surface area contributed by atoms with Gasteiger partial charge >= 0.3 is 28.5 Å². The van der Waals surface area contributed by atoms with Gasteiger partial charge < -0.3 is 61.5 Å². The second kappa shape index (κ2) is 30.2. The van der Waals surface area contributed by atoms with Crippen molar-refractivity contribution in [2.45, 2.75) is 58.4 Å². The van der Waals surface area contributed by atoms with Crippen LogP contribution in [0.15, 0.2) is 195 Å². The number of rotatable bonds is 27. The van der Waals surface area contributed by atoms with Crippen LogP contribution < -0.4 is 61.4 Å². The molecule has 0 spiro atoms. The first-order valence-electron chi connectivity index (χ1n) is 28.0. The standard InChI is InChI=1S/C62H64B4N8O12/c1-43(2)59(75)67-27-14-28-69-62(78)58(70-61(77)53-32-51(40-74(42-53)38-49-18-6-10-24-57(49)66(85)86)45-20-13-30-72(34-45)36-47-16-4-8-22-55(47)64(81)82)25-11-26-68-60(76)52-31-50(39-73(41-52)37-48-17-5-9-23-56(48)65(83)84)44-19-12-29-71(33-44)35-46-15-3-7-21-54(46)63(79)80/h3-10,12-13,15-24,29-34,39-42,58,79-86H,1,11,14,25-28,35-38H2,2H3/p+4. The molecule has 24 heteroatoms. The molecule has 4 heterocycles. The number of pyridine rings is 4. The maximum Gasteiger partial charge on any atom is 0.488 e. The Balaban J connectivity index is 1.05. The highest BCUT2D eigenvalue weighted by molar-refractivity contribution is 6.60. The van der Waals surface area contributed by atoms with Gasteiger partial charge in [0.05, 0.1) is 22.3 Å². The Hall–Kier alpha value is -8.96. The highest BCUT2D eigenvalue weighted by atomic mass is 16.4. The fraction of sp³-hybridized carbons (Fsp3) is 0.194. The van der Waals surface area contributed by atoms with Gasteiger partial charge in [0.15, 0.2) is 75.8 Å². The predicted molar refractivity (Wildman–Crippen MR) is 324 cm³/mol. The summed E-state index contributed by atoms with van der Waals surface area (Å²) in [4.78, 5) is 55.3. The molecule has 1 atom stereocenters. The lowest BCUT2D eigenvalue weighted by Gasteiger charge is -2.19. The molecule has 8 rings (SSSR count). The van der Waals surface area contributed by atoms with Crippen LogP contribution in [0.4, 0.5) is 0 Å². The minimum Gasteiger partial charge on any atom is -0.423 e. The zero-order valence-electron chi connectivity index (χ0n) is 47.5. The van der Waals surface area contributed by atoms with Crippen molar-refractivity contribution in [3.05, 3.63) is 229 Å². The molecule has 436 valence electrons. The van der Waals surface area contributed by atoms with Crippen LogP contribution in [0.1, 0.15) is 69.2 Å². The third-order valence-electron chi connectivity index (χ3n) is 14.4. The molecular weight excluding hydrogens is 1090 g/mol. The highest BCUT2D eigenvalue weighted by Crippen LogP contribution is 2.20. The lowest BCUT2D eigenvalue weighted by molar-refractivity contribution is -0.689. The second-order valence-electron chi connectivity index (χ2n) is 20.9. The molecule has 0 bridgehead atoms. The largest absolute Gasteiger partial charge is 0.488 e. The van der Waals surface area contributed by atoms with E-state index in [-0.39, 0.29) is 74.6 Å². The van der Waals surface area contributed by atoms with Crippen LogP contribution in [0.3, 0.4) is 0 Å². The topological polar surface area (TPSA) is 294 Å². The quantitative estimate of drug-likeness (QED) is 0.0111. The number of hydrogen-bond acceptors (Lipinski definition) is 12. The zero-order chi connectivity index (χ0) is 61.3. The van der Waals surface area contributed by atoms with E-state index in [2.05, 4.69) is 27.8 Å². The fourth-order valence-electron chi connectivity index (χ4n) is 10.0. The molecule has 0 saturated heterocycles. The van der Waals surface area contributed by atoms with Crippen molar-refractivity contribution < 1.29 is 77.6 Å². The molecule has 0 fully saturated rings. The van der Waals surface area contributed by atoms with Gasteiger partial charge in [0.1, 0.15) is 17.2 Å². The number of amides is 4. The molecule has 12 N–H and O–H groups in total. The van der Waals surface area contributed by atoms with E-state index in [0.717, 1.165) is 5.56 Å². The summed E-state index contributed by atoms with van der Waals surface area (Å²) >= 11 is 0. The van der Waals surface area contributed by atoms with E-state index in [0.29, 0.717) is 73.9 Å². The van der Waals surface area contributed by atoms with Crippen LogP contribution in [0.25, 0.3) is 22.3 Å². The van der Waals surface area contributed by atoms with Crippen molar-refractivity contribution in [1.29, 1.82) is 0 Å². The monoisotopic (exact) mass is 1160 g/mol. The molecule has 86 heavy (non-hydrogen) atoms. The molecule has 1 unspecified atom stereocenters. The average molecular weight is 1160 g/mol. The van der Waals surface area contributed by atoms with E-state index in [9.17, 15) is 59.4 Å². The summed E-state index contributed by atoms with van der Waals surface area (Å²) in [5, 5.41) is 92.8. The van der Waals surface area contributed by atoms with Gasteiger partial charge in [0.2, 0.25) is 11.8 Å². The second-order valence-corrected chi connectivity index (χ2v) is 20.9. The SMILES string of the molecule is C=C(C)C(=O)NCCCNC(=O)C(CCCNC(=O)c1cc(-c2ccc[n+](Cc3ccccc3B(O)O)c2)c[n+](Cc2ccccc2B(O)O)c1)NC(=O)c1cc(-c2ccc[n+](Cc3ccccc3B(O)O)c2)c[n+](Cc2ccccc2B(O)O)c1. The Labute approximate surface area is 499 Å². The maximum absolute atomic E-state index is 14.7. The number of hydrogen-bond donors (Lipinski definition) is 12. The van der Waals surface area contributed by atoms with Crippen molar-refractivity contribution in [3.8, 4) is 22.3 Å². The molecule has 20 nitrogen and oxygen atoms in total. The van der Waals surface area contributed by atoms with Gasteiger partial charge in [-0.05, 0) is 72.3 Å². The summed E-state index contributed by atoms with van der Waals surface area (Å²) in [6.45, 7) is 6.57. The Morgan fingerprint density at radius 2 is 0.814 bits per heavy atom. The van der Waals surface area contributed by atoms with Gasteiger partial charge in [-0.25, -0.2) is 9.13 Å². The van der Waals surface area contributed by atoms with Gasteiger partial charge in [-0.3, -0.25) is 19.2 Å². The first kappa shape index (κ1) is 63.1. The summed E-state index contributed by atoms with van der Waals surface area (Å²) in [7, 11) is -6.88. The third kappa shape index (κ3) is 17.3. The molecule has 0 aliphatic carbocycles. The minimum absolute atomic E-state index is 0.0646. The molecular formula is C62H68B4N8O12+4. The van der Waals surface area contributed by atoms with E-state index in [1.807, 2.05) is 70.5 Å². The lowest BCUT2D eigenvalue weighted by atomic mass is 9.77. The third-order valence-corrected chi connectivity index (χ3v) is 14.4. The normalized spacial score (nSPS) is 11.3. The Bertz CT molecular complexity index is 3720. The number of carbonyl (C=O) groups excluding carboxylic acids is 4. The Morgan fingerprint density at radius 1 is 0.442 bits per heavy atom. The van der Waals surface area contributed by atoms with E-state index >= 15 is 0 Å². The van der Waals surface area contributed by atoms with Gasteiger partial charge in [-0.15, -0.1) is 0 Å². The van der Waals surface area contributed by atoms with Crippen LogP contribution in [-0.4, -0.2) is 118 Å². The summed E-state index contributed by atoms with van der Waals surface area (Å²) in [5.41, 5.74) is 7.17. The predicted octanol–water partition coefficient (Wildman–Crippen LogP) is -2.41. The van der Waals surface area contributed by atoms with E-state index in [1.54, 1.807) is 138 Å². The van der Waals surface area contributed by atoms with Crippen molar-refractivity contribution in [3.63, 3.8) is 0 Å². The van der Waals surface area contributed by atoms with E-state index in [1.165, 1.54) is 0 Å². The van der Waals surface area contributed by atoms with Gasteiger partial charge in [0, 0.05) is 59.6 Å². The van der Waals surface area contributed by atoms with Crippen molar-refractivity contribution in [1.82, 2.24) is 21.3 Å². The minimum atomic E-state index is -1.77. The average Bonchev–Trinajstić information content (AvgIpc) is 3.68. The Morgan fingerprint density at radius 3 is 1.23 bits per heavy atom. The molecule has 8 aromatic rings. The lowest BCUT2D eigenvalue weighted by Crippen LogP contribution is -2.48. The number of carbonyl (C=O) groups is 4. The molecule has 0 aliphatic heterocycles. The molecule has 4 amide bonds. The first-order chi connectivity index (χ1) is 41.4. The summed E-state index contributed by atoms with van der Waals surface area (Å²) in [5.74, 6) is -1.91. The Kier molecular flexibility index (Phi) is 22.2. The van der Waals surface area contributed by atoms with Crippen LogP contribution in [-0.2, 0) is 35.8 Å². The number of aromatic nitrogens is 4. The number of nitrogens with zero attached hydrogens (tertiary/aromatic N) is 4. The van der Waals surface area contributed by atoms with Crippen molar-refractivity contribution in [2.75, 3.05) is 19.6 Å². The molecule has 0 saturated carbocycles. The first-order valence-corrected chi connectivity index (χ1v) is 28.0. The smallest absolute Gasteiger partial charge is 0.423 e.